The molecule has 0 bridgehead atoms. The number of carbonyl (C=O) groups excluding carboxylic acids is 1. The van der Waals surface area contributed by atoms with Crippen molar-refractivity contribution in [2.24, 2.45) is 0 Å². The number of hydrogen-bond acceptors (Lipinski definition) is 7. The molecule has 0 saturated carbocycles. The lowest BCUT2D eigenvalue weighted by molar-refractivity contribution is -0.137. The Kier molecular flexibility index (Phi) is 6.74. The smallest absolute Gasteiger partial charge is 0.416 e. The number of ether oxygens (including phenoxy) is 1. The van der Waals surface area contributed by atoms with E-state index < -0.39 is 21.6 Å². The third-order valence-corrected chi connectivity index (χ3v) is 7.70. The molecule has 2 aliphatic rings. The van der Waals surface area contributed by atoms with Crippen LogP contribution in [0.1, 0.15) is 42.2 Å². The van der Waals surface area contributed by atoms with Crippen LogP contribution >= 0.6 is 0 Å². The normalized spacial score (nSPS) is 23.1. The summed E-state index contributed by atoms with van der Waals surface area (Å²) in [6.07, 6.45) is -3.96. The molecule has 2 fully saturated rings. The number of carbonyl (C=O) groups is 1. The molecule has 2 saturated heterocycles. The van der Waals surface area contributed by atoms with Crippen molar-refractivity contribution in [3.8, 4) is 6.01 Å². The number of likely N-dealkylation sites (tertiary alicyclic amines) is 1. The van der Waals surface area contributed by atoms with E-state index in [0.717, 1.165) is 12.1 Å². The number of hydrogen-bond donors (Lipinski definition) is 0. The Hall–Kier alpha value is -2.83. The van der Waals surface area contributed by atoms with Gasteiger partial charge in [-0.15, -0.1) is 0 Å². The minimum absolute atomic E-state index is 0.0771. The molecular weight excluding hydrogens is 477 g/mol. The van der Waals surface area contributed by atoms with Gasteiger partial charge in [-0.2, -0.15) is 18.2 Å². The van der Waals surface area contributed by atoms with Crippen LogP contribution in [0, 0.1) is 0 Å². The van der Waals surface area contributed by atoms with Crippen molar-refractivity contribution in [3.63, 3.8) is 0 Å². The van der Waals surface area contributed by atoms with Gasteiger partial charge in [0.1, 0.15) is 0 Å². The number of urea groups is 1. The second-order valence-corrected chi connectivity index (χ2v) is 10.7. The topological polar surface area (TPSA) is 106 Å². The lowest BCUT2D eigenvalue weighted by Crippen LogP contribution is -2.53. The van der Waals surface area contributed by atoms with Crippen LogP contribution in [0.3, 0.4) is 0 Å². The van der Waals surface area contributed by atoms with Crippen LogP contribution in [-0.4, -0.2) is 78.7 Å². The Labute approximate surface area is 194 Å². The summed E-state index contributed by atoms with van der Waals surface area (Å²) in [6, 6.07) is 4.66. The second kappa shape index (κ2) is 9.43. The zero-order valence-electron chi connectivity index (χ0n) is 18.5. The van der Waals surface area contributed by atoms with Crippen LogP contribution in [0.5, 0.6) is 6.01 Å². The first-order chi connectivity index (χ1) is 16.1. The first kappa shape index (κ1) is 24.3. The van der Waals surface area contributed by atoms with Crippen LogP contribution in [-0.2, 0) is 16.0 Å². The number of alkyl halides is 3. The summed E-state index contributed by atoms with van der Waals surface area (Å²) in [4.78, 5) is 20.5. The number of rotatable bonds is 4. The molecule has 1 aromatic carbocycles. The number of nitrogens with zero attached hydrogens (tertiary/aromatic N) is 4. The molecule has 2 amide bonds. The fraction of sp³-hybridized carbons (Fsp3) is 0.571. The molecule has 0 N–H and O–H groups in total. The number of sulfone groups is 1. The summed E-state index contributed by atoms with van der Waals surface area (Å²) in [5, 5.41) is 3.78. The van der Waals surface area contributed by atoms with Gasteiger partial charge in [-0.3, -0.25) is 0 Å². The van der Waals surface area contributed by atoms with Crippen LogP contribution in [0.2, 0.25) is 0 Å². The van der Waals surface area contributed by atoms with Crippen molar-refractivity contribution < 1.29 is 35.6 Å². The number of amides is 2. The molecule has 186 valence electrons. The number of piperidine rings is 1. The minimum Gasteiger partial charge on any atom is -0.462 e. The SMILES string of the molecule is CCOc1noc(C2CC(c3ccc(C(F)(F)F)cc3)CN(C(=O)N3CCS(=O)(=O)CC3)C2)n1. The van der Waals surface area contributed by atoms with Crippen molar-refractivity contribution in [2.45, 2.75) is 31.4 Å². The van der Waals surface area contributed by atoms with E-state index in [1.165, 1.54) is 17.0 Å². The Balaban J connectivity index is 1.57. The third kappa shape index (κ3) is 5.45. The quantitative estimate of drug-likeness (QED) is 0.633. The highest BCUT2D eigenvalue weighted by atomic mass is 32.2. The van der Waals surface area contributed by atoms with Crippen molar-refractivity contribution in [1.82, 2.24) is 19.9 Å². The Morgan fingerprint density at radius 3 is 2.38 bits per heavy atom. The van der Waals surface area contributed by atoms with Gasteiger partial charge < -0.3 is 19.1 Å². The summed E-state index contributed by atoms with van der Waals surface area (Å²) >= 11 is 0. The van der Waals surface area contributed by atoms with E-state index in [1.54, 1.807) is 11.8 Å². The molecule has 2 aromatic rings. The highest BCUT2D eigenvalue weighted by molar-refractivity contribution is 7.91. The molecule has 2 aliphatic heterocycles. The number of halogens is 3. The summed E-state index contributed by atoms with van der Waals surface area (Å²) in [5.74, 6) is -0.556. The Bertz CT molecular complexity index is 1110. The molecule has 13 heteroatoms. The van der Waals surface area contributed by atoms with E-state index >= 15 is 0 Å². The molecule has 0 spiro atoms. The average molecular weight is 503 g/mol. The molecule has 9 nitrogen and oxygen atoms in total. The van der Waals surface area contributed by atoms with Gasteiger partial charge in [0, 0.05) is 32.1 Å². The highest BCUT2D eigenvalue weighted by Crippen LogP contribution is 2.37. The maximum absolute atomic E-state index is 13.2. The Morgan fingerprint density at radius 1 is 1.12 bits per heavy atom. The standard InChI is InChI=1S/C21H25F3N4O5S/c1-2-32-19-25-18(33-26-19)16-11-15(14-3-5-17(6-4-14)21(22,23)24)12-28(13-16)20(29)27-7-9-34(30,31)10-8-27/h3-6,15-16H,2,7-13H2,1H3. The average Bonchev–Trinajstić information content (AvgIpc) is 3.27. The van der Waals surface area contributed by atoms with Crippen molar-refractivity contribution >= 4 is 15.9 Å². The lowest BCUT2D eigenvalue weighted by atomic mass is 9.84. The van der Waals surface area contributed by atoms with E-state index in [4.69, 9.17) is 9.26 Å². The van der Waals surface area contributed by atoms with Gasteiger partial charge in [0.25, 0.3) is 0 Å². The Morgan fingerprint density at radius 2 is 1.76 bits per heavy atom. The zero-order valence-corrected chi connectivity index (χ0v) is 19.3. The van der Waals surface area contributed by atoms with Crippen LogP contribution < -0.4 is 4.74 Å². The monoisotopic (exact) mass is 502 g/mol. The van der Waals surface area contributed by atoms with Gasteiger partial charge in [0.2, 0.25) is 5.89 Å². The first-order valence-corrected chi connectivity index (χ1v) is 12.8. The maximum Gasteiger partial charge on any atom is 0.416 e. The number of benzene rings is 1. The molecule has 0 radical (unpaired) electrons. The van der Waals surface area contributed by atoms with Crippen LogP contribution in [0.25, 0.3) is 0 Å². The van der Waals surface area contributed by atoms with E-state index in [1.807, 2.05) is 0 Å². The lowest BCUT2D eigenvalue weighted by Gasteiger charge is -2.40. The largest absolute Gasteiger partial charge is 0.462 e. The molecule has 0 aliphatic carbocycles. The minimum atomic E-state index is -4.44. The van der Waals surface area contributed by atoms with Gasteiger partial charge in [-0.25, -0.2) is 13.2 Å². The van der Waals surface area contributed by atoms with Gasteiger partial charge >= 0.3 is 18.2 Å². The van der Waals surface area contributed by atoms with Crippen molar-refractivity contribution in [1.29, 1.82) is 0 Å². The molecular formula is C21H25F3N4O5S. The van der Waals surface area contributed by atoms with Crippen LogP contribution in [0.4, 0.5) is 18.0 Å². The first-order valence-electron chi connectivity index (χ1n) is 10.9. The summed E-state index contributed by atoms with van der Waals surface area (Å²) in [5.41, 5.74) is -0.0920. The van der Waals surface area contributed by atoms with Crippen molar-refractivity contribution in [3.05, 3.63) is 41.3 Å². The van der Waals surface area contributed by atoms with Gasteiger partial charge in [-0.1, -0.05) is 12.1 Å². The summed E-state index contributed by atoms with van der Waals surface area (Å²) in [6.45, 7) is 2.85. The van der Waals surface area contributed by atoms with Crippen molar-refractivity contribution in [2.75, 3.05) is 44.3 Å². The molecule has 3 heterocycles. The highest BCUT2D eigenvalue weighted by Gasteiger charge is 2.38. The molecule has 1 aromatic heterocycles. The molecule has 2 unspecified atom stereocenters. The number of aromatic nitrogens is 2. The van der Waals surface area contributed by atoms with Gasteiger partial charge in [0.05, 0.1) is 29.6 Å². The molecule has 2 atom stereocenters. The molecule has 4 rings (SSSR count). The summed E-state index contributed by atoms with van der Waals surface area (Å²) < 4.78 is 73.1. The van der Waals surface area contributed by atoms with E-state index in [2.05, 4.69) is 10.1 Å². The van der Waals surface area contributed by atoms with E-state index in [-0.39, 0.29) is 67.5 Å². The van der Waals surface area contributed by atoms with E-state index in [9.17, 15) is 26.4 Å². The van der Waals surface area contributed by atoms with E-state index in [0.29, 0.717) is 18.6 Å². The second-order valence-electron chi connectivity index (χ2n) is 8.42. The predicted molar refractivity (Wildman–Crippen MR) is 114 cm³/mol. The summed E-state index contributed by atoms with van der Waals surface area (Å²) in [7, 11) is -3.16. The van der Waals surface area contributed by atoms with Crippen LogP contribution in [0.15, 0.2) is 28.8 Å². The zero-order chi connectivity index (χ0) is 24.5. The van der Waals surface area contributed by atoms with Gasteiger partial charge in [0.15, 0.2) is 9.84 Å². The fourth-order valence-electron chi connectivity index (χ4n) is 4.30. The molecule has 34 heavy (non-hydrogen) atoms. The van der Waals surface area contributed by atoms with Gasteiger partial charge in [-0.05, 0) is 36.2 Å². The third-order valence-electron chi connectivity index (χ3n) is 6.09. The fourth-order valence-corrected chi connectivity index (χ4v) is 5.50. The maximum atomic E-state index is 13.2. The predicted octanol–water partition coefficient (Wildman–Crippen LogP) is 2.91.